The van der Waals surface area contributed by atoms with Crippen molar-refractivity contribution in [2.24, 2.45) is 0 Å². The Labute approximate surface area is 102 Å². The zero-order valence-electron chi connectivity index (χ0n) is 8.39. The second-order valence-electron chi connectivity index (χ2n) is 3.63. The number of halogens is 1. The molecule has 0 aromatic heterocycles. The van der Waals surface area contributed by atoms with E-state index < -0.39 is 0 Å². The summed E-state index contributed by atoms with van der Waals surface area (Å²) in [6, 6.07) is 12.4. The Bertz CT molecular complexity index is 555. The van der Waals surface area contributed by atoms with Crippen molar-refractivity contribution in [3.63, 3.8) is 0 Å². The van der Waals surface area contributed by atoms with Gasteiger partial charge in [-0.05, 0) is 29.0 Å². The second-order valence-corrected chi connectivity index (χ2v) is 4.54. The van der Waals surface area contributed by atoms with Crippen molar-refractivity contribution in [3.05, 3.63) is 59.0 Å². The lowest BCUT2D eigenvalue weighted by molar-refractivity contribution is -0.0244. The van der Waals surface area contributed by atoms with E-state index in [1.54, 1.807) is 12.5 Å². The molecule has 80 valence electrons. The van der Waals surface area contributed by atoms with Crippen LogP contribution >= 0.6 is 15.9 Å². The lowest BCUT2D eigenvalue weighted by atomic mass is 10.1. The van der Waals surface area contributed by atoms with Crippen molar-refractivity contribution in [2.45, 2.75) is 6.29 Å². The molecule has 1 heterocycles. The smallest absolute Gasteiger partial charge is 0.266 e. The van der Waals surface area contributed by atoms with Crippen LogP contribution in [0.25, 0.3) is 10.8 Å². The highest BCUT2D eigenvalue weighted by Crippen LogP contribution is 2.28. The molecule has 0 N–H and O–H groups in total. The minimum absolute atomic E-state index is 0.298. The molecular formula is C13H9BrO2. The van der Waals surface area contributed by atoms with Crippen LogP contribution in [-0.2, 0) is 9.47 Å². The highest BCUT2D eigenvalue weighted by atomic mass is 79.9. The maximum absolute atomic E-state index is 5.30. The van der Waals surface area contributed by atoms with Gasteiger partial charge >= 0.3 is 0 Å². The van der Waals surface area contributed by atoms with Gasteiger partial charge in [-0.15, -0.1) is 0 Å². The van der Waals surface area contributed by atoms with Crippen LogP contribution in [0.3, 0.4) is 0 Å². The van der Waals surface area contributed by atoms with Crippen LogP contribution in [0.1, 0.15) is 11.9 Å². The zero-order chi connectivity index (χ0) is 11.0. The van der Waals surface area contributed by atoms with Gasteiger partial charge in [0, 0.05) is 10.0 Å². The third-order valence-electron chi connectivity index (χ3n) is 2.56. The van der Waals surface area contributed by atoms with Crippen LogP contribution in [-0.4, -0.2) is 0 Å². The minimum atomic E-state index is -0.298. The van der Waals surface area contributed by atoms with E-state index in [1.807, 2.05) is 12.1 Å². The average Bonchev–Trinajstić information content (AvgIpc) is 2.82. The summed E-state index contributed by atoms with van der Waals surface area (Å²) in [6.45, 7) is 0. The van der Waals surface area contributed by atoms with E-state index in [4.69, 9.17) is 9.47 Å². The number of ether oxygens (including phenoxy) is 2. The van der Waals surface area contributed by atoms with Crippen molar-refractivity contribution >= 4 is 26.7 Å². The van der Waals surface area contributed by atoms with Gasteiger partial charge in [0.15, 0.2) is 0 Å². The Morgan fingerprint density at radius 3 is 2.38 bits per heavy atom. The van der Waals surface area contributed by atoms with Gasteiger partial charge in [-0.1, -0.05) is 34.1 Å². The summed E-state index contributed by atoms with van der Waals surface area (Å²) in [5, 5.41) is 2.38. The Kier molecular flexibility index (Phi) is 2.33. The summed E-state index contributed by atoms with van der Waals surface area (Å²) >= 11 is 3.46. The molecule has 16 heavy (non-hydrogen) atoms. The van der Waals surface area contributed by atoms with Gasteiger partial charge in [0.2, 0.25) is 0 Å². The number of benzene rings is 2. The highest BCUT2D eigenvalue weighted by molar-refractivity contribution is 9.10. The van der Waals surface area contributed by atoms with Crippen LogP contribution in [0.4, 0.5) is 0 Å². The zero-order valence-corrected chi connectivity index (χ0v) is 9.98. The van der Waals surface area contributed by atoms with Crippen LogP contribution in [0.15, 0.2) is 53.4 Å². The van der Waals surface area contributed by atoms with E-state index in [0.717, 1.165) is 10.0 Å². The molecule has 0 atom stereocenters. The lowest BCUT2D eigenvalue weighted by Gasteiger charge is -2.11. The Morgan fingerprint density at radius 1 is 0.875 bits per heavy atom. The third-order valence-corrected chi connectivity index (χ3v) is 3.05. The summed E-state index contributed by atoms with van der Waals surface area (Å²) in [4.78, 5) is 0. The first-order valence-electron chi connectivity index (χ1n) is 4.98. The fourth-order valence-electron chi connectivity index (χ4n) is 1.78. The molecule has 0 amide bonds. The SMILES string of the molecule is Brc1ccc2cc(C3OC=CO3)ccc2c1. The molecule has 0 aliphatic carbocycles. The summed E-state index contributed by atoms with van der Waals surface area (Å²) < 4.78 is 11.7. The van der Waals surface area contributed by atoms with E-state index in [1.165, 1.54) is 10.8 Å². The van der Waals surface area contributed by atoms with E-state index in [2.05, 4.69) is 40.2 Å². The Balaban J connectivity index is 2.05. The van der Waals surface area contributed by atoms with Crippen molar-refractivity contribution in [1.82, 2.24) is 0 Å². The van der Waals surface area contributed by atoms with Gasteiger partial charge in [-0.2, -0.15) is 0 Å². The summed E-state index contributed by atoms with van der Waals surface area (Å²) in [7, 11) is 0. The molecule has 0 spiro atoms. The fraction of sp³-hybridized carbons (Fsp3) is 0.0769. The molecule has 0 unspecified atom stereocenters. The van der Waals surface area contributed by atoms with Crippen LogP contribution in [0.2, 0.25) is 0 Å². The van der Waals surface area contributed by atoms with E-state index in [0.29, 0.717) is 0 Å². The molecule has 2 aromatic rings. The lowest BCUT2D eigenvalue weighted by Crippen LogP contribution is -1.97. The van der Waals surface area contributed by atoms with Crippen LogP contribution in [0, 0.1) is 0 Å². The highest BCUT2D eigenvalue weighted by Gasteiger charge is 2.15. The number of hydrogen-bond donors (Lipinski definition) is 0. The van der Waals surface area contributed by atoms with Crippen molar-refractivity contribution in [2.75, 3.05) is 0 Å². The quantitative estimate of drug-likeness (QED) is 0.780. The van der Waals surface area contributed by atoms with Gasteiger partial charge in [0.05, 0.1) is 0 Å². The monoisotopic (exact) mass is 276 g/mol. The van der Waals surface area contributed by atoms with Crippen molar-refractivity contribution in [3.8, 4) is 0 Å². The first-order valence-corrected chi connectivity index (χ1v) is 5.77. The number of hydrogen-bond acceptors (Lipinski definition) is 2. The molecule has 0 saturated heterocycles. The van der Waals surface area contributed by atoms with E-state index >= 15 is 0 Å². The average molecular weight is 277 g/mol. The molecule has 1 aliphatic rings. The summed E-state index contributed by atoms with van der Waals surface area (Å²) in [5.41, 5.74) is 1.03. The van der Waals surface area contributed by atoms with E-state index in [9.17, 15) is 0 Å². The second kappa shape index (κ2) is 3.83. The van der Waals surface area contributed by atoms with Crippen molar-refractivity contribution in [1.29, 1.82) is 0 Å². The standard InChI is InChI=1S/C13H9BrO2/c14-12-4-3-9-7-11(2-1-10(9)8-12)13-15-5-6-16-13/h1-8,13H. The maximum Gasteiger partial charge on any atom is 0.266 e. The van der Waals surface area contributed by atoms with Gasteiger partial charge in [-0.3, -0.25) is 0 Å². The van der Waals surface area contributed by atoms with Gasteiger partial charge in [0.1, 0.15) is 12.5 Å². The molecule has 1 aliphatic heterocycles. The third kappa shape index (κ3) is 1.67. The normalized spacial score (nSPS) is 15.1. The minimum Gasteiger partial charge on any atom is -0.455 e. The number of fused-ring (bicyclic) bond motifs is 1. The molecule has 3 heteroatoms. The molecular weight excluding hydrogens is 268 g/mol. The predicted octanol–water partition coefficient (Wildman–Crippen LogP) is 4.12. The molecule has 2 nitrogen and oxygen atoms in total. The van der Waals surface area contributed by atoms with Gasteiger partial charge in [0.25, 0.3) is 6.29 Å². The van der Waals surface area contributed by atoms with Gasteiger partial charge < -0.3 is 9.47 Å². The summed E-state index contributed by atoms with van der Waals surface area (Å²) in [5.74, 6) is 0. The molecule has 3 rings (SSSR count). The molecule has 0 bridgehead atoms. The molecule has 0 fully saturated rings. The maximum atomic E-state index is 5.30. The molecule has 0 saturated carbocycles. The Morgan fingerprint density at radius 2 is 1.56 bits per heavy atom. The first-order chi connectivity index (χ1) is 7.83. The molecule has 2 aromatic carbocycles. The first kappa shape index (κ1) is 9.73. The summed E-state index contributed by atoms with van der Waals surface area (Å²) in [6.07, 6.45) is 2.83. The number of rotatable bonds is 1. The Hall–Kier alpha value is -1.48. The van der Waals surface area contributed by atoms with Crippen molar-refractivity contribution < 1.29 is 9.47 Å². The largest absolute Gasteiger partial charge is 0.455 e. The van der Waals surface area contributed by atoms with Gasteiger partial charge in [-0.25, -0.2) is 0 Å². The fourth-order valence-corrected chi connectivity index (χ4v) is 2.16. The predicted molar refractivity (Wildman–Crippen MR) is 65.7 cm³/mol. The topological polar surface area (TPSA) is 18.5 Å². The molecule has 0 radical (unpaired) electrons. The van der Waals surface area contributed by atoms with Crippen LogP contribution < -0.4 is 0 Å². The van der Waals surface area contributed by atoms with Crippen LogP contribution in [0.5, 0.6) is 0 Å². The van der Waals surface area contributed by atoms with E-state index in [-0.39, 0.29) is 6.29 Å².